The quantitative estimate of drug-likeness (QED) is 0.847. The van der Waals surface area contributed by atoms with E-state index in [9.17, 15) is 14.7 Å². The van der Waals surface area contributed by atoms with Crippen molar-refractivity contribution in [1.29, 1.82) is 0 Å². The van der Waals surface area contributed by atoms with E-state index in [1.54, 1.807) is 24.5 Å². The molecular formula is C23H25N3O3. The van der Waals surface area contributed by atoms with E-state index in [0.29, 0.717) is 31.0 Å². The van der Waals surface area contributed by atoms with Crippen molar-refractivity contribution in [2.24, 2.45) is 5.92 Å². The molecule has 6 heteroatoms. The monoisotopic (exact) mass is 391 g/mol. The maximum atomic E-state index is 13.3. The molecule has 2 atom stereocenters. The Kier molecular flexibility index (Phi) is 4.39. The number of aliphatic hydroxyl groups excluding tert-OH is 1. The van der Waals surface area contributed by atoms with Crippen LogP contribution in [0.4, 0.5) is 0 Å². The molecule has 1 aromatic heterocycles. The fraction of sp³-hybridized carbons (Fsp3) is 0.435. The first-order chi connectivity index (χ1) is 14.1. The van der Waals surface area contributed by atoms with Gasteiger partial charge in [0.05, 0.1) is 23.8 Å². The molecule has 3 heterocycles. The molecule has 6 nitrogen and oxygen atoms in total. The smallest absolute Gasteiger partial charge is 0.256 e. The first kappa shape index (κ1) is 18.3. The van der Waals surface area contributed by atoms with Crippen molar-refractivity contribution in [3.05, 3.63) is 66.0 Å². The van der Waals surface area contributed by atoms with Crippen molar-refractivity contribution in [2.75, 3.05) is 19.7 Å². The van der Waals surface area contributed by atoms with Crippen LogP contribution in [0.3, 0.4) is 0 Å². The average Bonchev–Trinajstić information content (AvgIpc) is 3.52. The summed E-state index contributed by atoms with van der Waals surface area (Å²) >= 11 is 0. The summed E-state index contributed by atoms with van der Waals surface area (Å²) in [5.74, 6) is 0.618. The Morgan fingerprint density at radius 1 is 1.10 bits per heavy atom. The number of nitrogens with zero attached hydrogens (tertiary/aromatic N) is 3. The van der Waals surface area contributed by atoms with Gasteiger partial charge in [-0.05, 0) is 36.5 Å². The van der Waals surface area contributed by atoms with Gasteiger partial charge in [-0.3, -0.25) is 14.6 Å². The highest BCUT2D eigenvalue weighted by Gasteiger charge is 2.68. The van der Waals surface area contributed by atoms with Crippen molar-refractivity contribution < 1.29 is 14.7 Å². The Morgan fingerprint density at radius 3 is 2.48 bits per heavy atom. The van der Waals surface area contributed by atoms with Crippen molar-refractivity contribution in [1.82, 2.24) is 14.8 Å². The summed E-state index contributed by atoms with van der Waals surface area (Å²) in [4.78, 5) is 33.7. The van der Waals surface area contributed by atoms with E-state index in [1.807, 2.05) is 28.0 Å². The van der Waals surface area contributed by atoms with Crippen LogP contribution in [-0.4, -0.2) is 63.0 Å². The van der Waals surface area contributed by atoms with Crippen molar-refractivity contribution in [2.45, 2.75) is 36.8 Å². The van der Waals surface area contributed by atoms with Crippen LogP contribution in [0.1, 0.15) is 41.1 Å². The van der Waals surface area contributed by atoms with Crippen LogP contribution in [0.5, 0.6) is 0 Å². The number of carbonyl (C=O) groups is 2. The summed E-state index contributed by atoms with van der Waals surface area (Å²) < 4.78 is 0. The molecule has 2 saturated heterocycles. The van der Waals surface area contributed by atoms with Crippen LogP contribution >= 0.6 is 0 Å². The highest BCUT2D eigenvalue weighted by Crippen LogP contribution is 2.54. The third-order valence-electron chi connectivity index (χ3n) is 6.69. The minimum Gasteiger partial charge on any atom is -0.394 e. The maximum absolute atomic E-state index is 13.3. The normalized spacial score (nSPS) is 24.7. The lowest BCUT2D eigenvalue weighted by Crippen LogP contribution is -2.86. The number of likely N-dealkylation sites (tertiary alicyclic amines) is 2. The third kappa shape index (κ3) is 2.94. The van der Waals surface area contributed by atoms with Gasteiger partial charge in [0.1, 0.15) is 0 Å². The zero-order chi connectivity index (χ0) is 20.0. The number of pyridine rings is 1. The topological polar surface area (TPSA) is 73.7 Å². The van der Waals surface area contributed by atoms with E-state index in [4.69, 9.17) is 0 Å². The van der Waals surface area contributed by atoms with Gasteiger partial charge in [-0.2, -0.15) is 0 Å². The van der Waals surface area contributed by atoms with Crippen molar-refractivity contribution >= 4 is 11.8 Å². The molecule has 1 saturated carbocycles. The lowest BCUT2D eigenvalue weighted by molar-refractivity contribution is -0.178. The number of aromatic nitrogens is 1. The Hall–Kier alpha value is -2.73. The number of amides is 2. The molecule has 0 radical (unpaired) electrons. The molecule has 5 rings (SSSR count). The summed E-state index contributed by atoms with van der Waals surface area (Å²) in [5, 5.41) is 10.1. The molecule has 29 heavy (non-hydrogen) atoms. The fourth-order valence-electron chi connectivity index (χ4n) is 5.10. The number of hydrogen-bond acceptors (Lipinski definition) is 4. The summed E-state index contributed by atoms with van der Waals surface area (Å²) in [6.07, 6.45) is 6.12. The lowest BCUT2D eigenvalue weighted by atomic mass is 9.60. The largest absolute Gasteiger partial charge is 0.394 e. The highest BCUT2D eigenvalue weighted by molar-refractivity contribution is 5.96. The van der Waals surface area contributed by atoms with E-state index in [1.165, 1.54) is 0 Å². The van der Waals surface area contributed by atoms with Crippen LogP contribution in [0.25, 0.3) is 0 Å². The fourth-order valence-corrected chi connectivity index (χ4v) is 5.10. The van der Waals surface area contributed by atoms with Gasteiger partial charge in [0, 0.05) is 37.8 Å². The molecule has 2 aliphatic heterocycles. The standard InChI is InChI=1S/C23H25N3O3/c27-13-19-21(17-5-2-1-3-6-17)23(14-25(15-23)20(28)11-16-8-9-16)26(19)22(29)18-7-4-10-24-12-18/h1-7,10,12,16,19,21,27H,8-9,11,13-15H2/t19-,21+/m1/s1. The zero-order valence-electron chi connectivity index (χ0n) is 16.3. The van der Waals surface area contributed by atoms with Gasteiger partial charge >= 0.3 is 0 Å². The number of rotatable bonds is 5. The molecule has 0 bridgehead atoms. The van der Waals surface area contributed by atoms with E-state index < -0.39 is 5.54 Å². The van der Waals surface area contributed by atoms with Gasteiger partial charge in [-0.1, -0.05) is 30.3 Å². The number of aliphatic hydroxyl groups is 1. The van der Waals surface area contributed by atoms with Gasteiger partial charge in [0.15, 0.2) is 0 Å². The number of carbonyl (C=O) groups excluding carboxylic acids is 2. The van der Waals surface area contributed by atoms with Gasteiger partial charge in [0.25, 0.3) is 5.91 Å². The molecule has 1 spiro atoms. The summed E-state index contributed by atoms with van der Waals surface area (Å²) in [5.41, 5.74) is 1.16. The first-order valence-corrected chi connectivity index (χ1v) is 10.3. The van der Waals surface area contributed by atoms with Crippen LogP contribution in [-0.2, 0) is 4.79 Å². The zero-order valence-corrected chi connectivity index (χ0v) is 16.3. The van der Waals surface area contributed by atoms with Crippen LogP contribution in [0.15, 0.2) is 54.9 Å². The molecule has 150 valence electrons. The molecule has 3 aliphatic rings. The molecule has 0 unspecified atom stereocenters. The SMILES string of the molecule is O=C(CC1CC1)N1CC2(C1)[C@@H](c1ccccc1)[C@@H](CO)N2C(=O)c1cccnc1. The average molecular weight is 391 g/mol. The van der Waals surface area contributed by atoms with Gasteiger partial charge < -0.3 is 14.9 Å². The van der Waals surface area contributed by atoms with Gasteiger partial charge in [0.2, 0.25) is 5.91 Å². The van der Waals surface area contributed by atoms with Gasteiger partial charge in [-0.15, -0.1) is 0 Å². The van der Waals surface area contributed by atoms with E-state index >= 15 is 0 Å². The Balaban J connectivity index is 1.45. The molecule has 3 fully saturated rings. The Morgan fingerprint density at radius 2 is 1.86 bits per heavy atom. The Bertz CT molecular complexity index is 907. The molecule has 1 N–H and O–H groups in total. The number of benzene rings is 1. The Labute approximate surface area is 170 Å². The molecular weight excluding hydrogens is 366 g/mol. The van der Waals surface area contributed by atoms with E-state index in [2.05, 4.69) is 17.1 Å². The summed E-state index contributed by atoms with van der Waals surface area (Å²) in [7, 11) is 0. The first-order valence-electron chi connectivity index (χ1n) is 10.3. The molecule has 2 aromatic rings. The summed E-state index contributed by atoms with van der Waals surface area (Å²) in [6.45, 7) is 0.949. The van der Waals surface area contributed by atoms with E-state index in [0.717, 1.165) is 18.4 Å². The third-order valence-corrected chi connectivity index (χ3v) is 6.69. The predicted molar refractivity (Wildman–Crippen MR) is 107 cm³/mol. The highest BCUT2D eigenvalue weighted by atomic mass is 16.3. The second-order valence-electron chi connectivity index (χ2n) is 8.56. The second-order valence-corrected chi connectivity index (χ2v) is 8.56. The van der Waals surface area contributed by atoms with Crippen LogP contribution < -0.4 is 0 Å². The van der Waals surface area contributed by atoms with Gasteiger partial charge in [-0.25, -0.2) is 0 Å². The minimum atomic E-state index is -0.457. The second kappa shape index (κ2) is 6.95. The maximum Gasteiger partial charge on any atom is 0.256 e. The summed E-state index contributed by atoms with van der Waals surface area (Å²) in [6, 6.07) is 13.2. The van der Waals surface area contributed by atoms with Crippen molar-refractivity contribution in [3.63, 3.8) is 0 Å². The van der Waals surface area contributed by atoms with E-state index in [-0.39, 0.29) is 30.4 Å². The van der Waals surface area contributed by atoms with Crippen LogP contribution in [0, 0.1) is 5.92 Å². The van der Waals surface area contributed by atoms with Crippen LogP contribution in [0.2, 0.25) is 0 Å². The lowest BCUT2D eigenvalue weighted by Gasteiger charge is -2.70. The predicted octanol–water partition coefficient (Wildman–Crippen LogP) is 2.06. The minimum absolute atomic E-state index is 0.0132. The molecule has 1 aromatic carbocycles. The molecule has 1 aliphatic carbocycles. The molecule has 2 amide bonds. The number of hydrogen-bond donors (Lipinski definition) is 1. The van der Waals surface area contributed by atoms with Crippen molar-refractivity contribution in [3.8, 4) is 0 Å².